The Morgan fingerprint density at radius 1 is 1.15 bits per heavy atom. The number of ether oxygens (including phenoxy) is 2. The fourth-order valence-electron chi connectivity index (χ4n) is 6.39. The van der Waals surface area contributed by atoms with E-state index in [1.54, 1.807) is 0 Å². The van der Waals surface area contributed by atoms with Gasteiger partial charge in [0.05, 0.1) is 26.0 Å². The number of likely N-dealkylation sites (tertiary alicyclic amines) is 1. The second kappa shape index (κ2) is 10.8. The number of carbonyl (C=O) groups is 2. The summed E-state index contributed by atoms with van der Waals surface area (Å²) in [6, 6.07) is 16.9. The zero-order chi connectivity index (χ0) is 27.8. The van der Waals surface area contributed by atoms with Crippen LogP contribution in [0, 0.1) is 5.41 Å². The molecule has 9 nitrogen and oxygen atoms in total. The van der Waals surface area contributed by atoms with Crippen LogP contribution in [-0.4, -0.2) is 77.5 Å². The first-order valence-corrected chi connectivity index (χ1v) is 14.8. The molecule has 0 radical (unpaired) electrons. The van der Waals surface area contributed by atoms with Crippen molar-refractivity contribution in [3.8, 4) is 11.5 Å². The van der Waals surface area contributed by atoms with Crippen LogP contribution in [0.2, 0.25) is 0 Å². The van der Waals surface area contributed by atoms with Gasteiger partial charge >= 0.3 is 0 Å². The molecule has 1 saturated heterocycles. The molecule has 1 fully saturated rings. The van der Waals surface area contributed by atoms with E-state index in [0.717, 1.165) is 36.7 Å². The number of hydrogen-bond acceptors (Lipinski definition) is 8. The van der Waals surface area contributed by atoms with Crippen molar-refractivity contribution < 1.29 is 19.1 Å². The number of amides is 2. The highest BCUT2D eigenvalue weighted by Crippen LogP contribution is 2.52. The van der Waals surface area contributed by atoms with Crippen LogP contribution in [0.25, 0.3) is 10.1 Å². The lowest BCUT2D eigenvalue weighted by Crippen LogP contribution is -2.50. The van der Waals surface area contributed by atoms with Crippen molar-refractivity contribution in [3.05, 3.63) is 83.3 Å². The Balaban J connectivity index is 1.17. The molecular formula is C31H31N5O4S. The number of benzene rings is 2. The average Bonchev–Trinajstić information content (AvgIpc) is 3.58. The predicted octanol–water partition coefficient (Wildman–Crippen LogP) is 3.71. The van der Waals surface area contributed by atoms with Crippen LogP contribution in [0.3, 0.4) is 0 Å². The molecule has 0 unspecified atom stereocenters. The Hall–Kier alpha value is -4.02. The normalized spacial score (nSPS) is 22.9. The molecular weight excluding hydrogens is 538 g/mol. The number of para-hydroxylation sites is 1. The molecule has 2 aromatic heterocycles. The van der Waals surface area contributed by atoms with Gasteiger partial charge in [0.2, 0.25) is 5.91 Å². The molecule has 2 atom stereocenters. The molecule has 2 aromatic carbocycles. The van der Waals surface area contributed by atoms with E-state index in [-0.39, 0.29) is 35.4 Å². The maximum atomic E-state index is 13.3. The molecule has 4 aromatic rings. The minimum absolute atomic E-state index is 0.0565. The summed E-state index contributed by atoms with van der Waals surface area (Å²) in [7, 11) is 0. The van der Waals surface area contributed by atoms with Gasteiger partial charge in [-0.05, 0) is 30.0 Å². The van der Waals surface area contributed by atoms with Gasteiger partial charge in [0.1, 0.15) is 5.69 Å². The van der Waals surface area contributed by atoms with Crippen molar-refractivity contribution in [2.45, 2.75) is 18.9 Å². The van der Waals surface area contributed by atoms with Crippen LogP contribution >= 0.6 is 11.3 Å². The number of aromatic nitrogens is 2. The summed E-state index contributed by atoms with van der Waals surface area (Å²) < 4.78 is 13.9. The fraction of sp³-hybridized carbons (Fsp3) is 0.355. The van der Waals surface area contributed by atoms with Crippen LogP contribution in [-0.2, 0) is 11.3 Å². The quantitative estimate of drug-likeness (QED) is 0.402. The van der Waals surface area contributed by atoms with Crippen molar-refractivity contribution >= 4 is 33.2 Å². The molecule has 1 N–H and O–H groups in total. The predicted molar refractivity (Wildman–Crippen MR) is 155 cm³/mol. The third-order valence-corrected chi connectivity index (χ3v) is 9.44. The molecule has 6 heterocycles. The average molecular weight is 570 g/mol. The molecule has 2 amide bonds. The molecule has 8 rings (SSSR count). The molecule has 4 aliphatic heterocycles. The second-order valence-electron chi connectivity index (χ2n) is 11.1. The number of fused-ring (bicyclic) bond motifs is 10. The Morgan fingerprint density at radius 2 is 2.07 bits per heavy atom. The maximum absolute atomic E-state index is 13.3. The van der Waals surface area contributed by atoms with Gasteiger partial charge in [-0.15, -0.1) is 11.3 Å². The molecule has 4 aliphatic rings. The van der Waals surface area contributed by atoms with Gasteiger partial charge in [-0.2, -0.15) is 0 Å². The topological polar surface area (TPSA) is 96.9 Å². The van der Waals surface area contributed by atoms with E-state index in [4.69, 9.17) is 9.47 Å². The van der Waals surface area contributed by atoms with Crippen LogP contribution in [0.1, 0.15) is 33.3 Å². The molecule has 10 heteroatoms. The number of hydrogen-bond donors (Lipinski definition) is 1. The summed E-state index contributed by atoms with van der Waals surface area (Å²) in [5.74, 6) is 1.18. The highest BCUT2D eigenvalue weighted by molar-refractivity contribution is 7.19. The molecule has 1 spiro atoms. The minimum atomic E-state index is -0.318. The number of nitrogens with one attached hydrogen (secondary N) is 1. The number of rotatable bonds is 3. The van der Waals surface area contributed by atoms with Crippen molar-refractivity contribution in [1.29, 1.82) is 0 Å². The largest absolute Gasteiger partial charge is 0.490 e. The smallest absolute Gasteiger partial charge is 0.274 e. The zero-order valence-corrected chi connectivity index (χ0v) is 23.4. The van der Waals surface area contributed by atoms with Gasteiger partial charge in [0, 0.05) is 71.6 Å². The SMILES string of the molecule is O=C1CN(C(=O)c2cnccn2)CCCOc2cccc3c2OC[C@@]2(CN1)CN(Cc1cc4ccccc4s1)C[C@@H]32. The van der Waals surface area contributed by atoms with Crippen molar-refractivity contribution in [2.75, 3.05) is 45.9 Å². The molecule has 41 heavy (non-hydrogen) atoms. The van der Waals surface area contributed by atoms with Gasteiger partial charge in [-0.3, -0.25) is 19.5 Å². The minimum Gasteiger partial charge on any atom is -0.490 e. The van der Waals surface area contributed by atoms with Gasteiger partial charge < -0.3 is 19.7 Å². The van der Waals surface area contributed by atoms with Crippen LogP contribution in [0.15, 0.2) is 67.1 Å². The van der Waals surface area contributed by atoms with E-state index in [1.165, 1.54) is 38.5 Å². The summed E-state index contributed by atoms with van der Waals surface area (Å²) in [5, 5.41) is 4.45. The van der Waals surface area contributed by atoms with E-state index >= 15 is 0 Å². The van der Waals surface area contributed by atoms with Crippen molar-refractivity contribution in [2.24, 2.45) is 5.41 Å². The Kier molecular flexibility index (Phi) is 6.80. The first kappa shape index (κ1) is 25.9. The summed E-state index contributed by atoms with van der Waals surface area (Å²) in [4.78, 5) is 40.0. The van der Waals surface area contributed by atoms with Crippen LogP contribution < -0.4 is 14.8 Å². The van der Waals surface area contributed by atoms with E-state index in [2.05, 4.69) is 56.6 Å². The zero-order valence-electron chi connectivity index (χ0n) is 22.6. The van der Waals surface area contributed by atoms with E-state index in [1.807, 2.05) is 23.5 Å². The summed E-state index contributed by atoms with van der Waals surface area (Å²) >= 11 is 1.83. The first-order chi connectivity index (χ1) is 20.1. The highest BCUT2D eigenvalue weighted by Gasteiger charge is 2.52. The summed E-state index contributed by atoms with van der Waals surface area (Å²) in [6.07, 6.45) is 4.99. The van der Waals surface area contributed by atoms with Gasteiger partial charge in [-0.25, -0.2) is 4.98 Å². The maximum Gasteiger partial charge on any atom is 0.274 e. The van der Waals surface area contributed by atoms with Gasteiger partial charge in [0.25, 0.3) is 5.91 Å². The van der Waals surface area contributed by atoms with Gasteiger partial charge in [0.15, 0.2) is 11.5 Å². The monoisotopic (exact) mass is 569 g/mol. The van der Waals surface area contributed by atoms with Crippen molar-refractivity contribution in [1.82, 2.24) is 25.1 Å². The standard InChI is InChI=1S/C31H31N5O4S/c37-28-17-36(30(38)25-14-32-9-10-33-25)11-4-12-39-26-7-3-6-23-24-16-35(19-31(24,18-34-28)20-40-29(23)26)15-22-13-21-5-1-2-8-27(21)41-22/h1-3,5-10,13-14,24H,4,11-12,15-20H2,(H,34,37)/t24-,31+/m0/s1. The van der Waals surface area contributed by atoms with Crippen LogP contribution in [0.4, 0.5) is 0 Å². The molecule has 4 bridgehead atoms. The number of carbonyl (C=O) groups excluding carboxylic acids is 2. The van der Waals surface area contributed by atoms with Crippen LogP contribution in [0.5, 0.6) is 11.5 Å². The third kappa shape index (κ3) is 5.02. The highest BCUT2D eigenvalue weighted by atomic mass is 32.1. The lowest BCUT2D eigenvalue weighted by molar-refractivity contribution is -0.122. The molecule has 0 saturated carbocycles. The second-order valence-corrected chi connectivity index (χ2v) is 12.3. The van der Waals surface area contributed by atoms with Gasteiger partial charge in [-0.1, -0.05) is 30.3 Å². The Morgan fingerprint density at radius 3 is 2.95 bits per heavy atom. The van der Waals surface area contributed by atoms with Crippen molar-refractivity contribution in [3.63, 3.8) is 0 Å². The summed E-state index contributed by atoms with van der Waals surface area (Å²) in [6.45, 7) is 4.12. The third-order valence-electron chi connectivity index (χ3n) is 8.33. The lowest BCUT2D eigenvalue weighted by atomic mass is 9.73. The number of nitrogens with zero attached hydrogens (tertiary/aromatic N) is 4. The Labute approximate surface area is 242 Å². The molecule has 0 aliphatic carbocycles. The fourth-order valence-corrected chi connectivity index (χ4v) is 7.50. The number of thiophene rings is 1. The molecule has 210 valence electrons. The summed E-state index contributed by atoms with van der Waals surface area (Å²) in [5.41, 5.74) is 1.05. The van der Waals surface area contributed by atoms with E-state index < -0.39 is 0 Å². The first-order valence-electron chi connectivity index (χ1n) is 14.0. The van der Waals surface area contributed by atoms with E-state index in [9.17, 15) is 9.59 Å². The Bertz CT molecular complexity index is 1560. The lowest BCUT2D eigenvalue weighted by Gasteiger charge is -2.40. The van der Waals surface area contributed by atoms with E-state index in [0.29, 0.717) is 32.7 Å².